The maximum Gasteiger partial charge on any atom is 0.248 e. The van der Waals surface area contributed by atoms with E-state index in [1.165, 1.54) is 0 Å². The van der Waals surface area contributed by atoms with Crippen molar-refractivity contribution < 1.29 is 18.7 Å². The Morgan fingerprint density at radius 2 is 1.89 bits per heavy atom. The van der Waals surface area contributed by atoms with Gasteiger partial charge in [0, 0.05) is 39.7 Å². The number of pyridine rings is 1. The van der Waals surface area contributed by atoms with Gasteiger partial charge in [0.1, 0.15) is 17.1 Å². The second-order valence-corrected chi connectivity index (χ2v) is 8.80. The first-order valence-corrected chi connectivity index (χ1v) is 12.2. The molecule has 6 heteroatoms. The molecular formula is C31H28N2O4. The fourth-order valence-corrected chi connectivity index (χ4v) is 4.51. The number of nitrogens with one attached hydrogen (secondary N) is 1. The number of aromatic nitrogens is 1. The van der Waals surface area contributed by atoms with Crippen LogP contribution in [0, 0.1) is 6.92 Å². The number of para-hydroxylation sites is 1. The Kier molecular flexibility index (Phi) is 6.64. The minimum absolute atomic E-state index is 0.226. The van der Waals surface area contributed by atoms with E-state index < -0.39 is 0 Å². The first-order chi connectivity index (χ1) is 18.0. The quantitative estimate of drug-likeness (QED) is 0.240. The molecule has 3 aromatic carbocycles. The molecule has 0 fully saturated rings. The molecule has 0 bridgehead atoms. The molecule has 5 aromatic rings. The zero-order valence-electron chi connectivity index (χ0n) is 21.3. The third-order valence-corrected chi connectivity index (χ3v) is 6.23. The maximum atomic E-state index is 13.1. The number of hydrogen-bond donors (Lipinski definition) is 1. The number of aryl methyl sites for hydroxylation is 1. The van der Waals surface area contributed by atoms with Crippen molar-refractivity contribution in [2.24, 2.45) is 0 Å². The van der Waals surface area contributed by atoms with Crippen LogP contribution in [0.3, 0.4) is 0 Å². The van der Waals surface area contributed by atoms with Crippen LogP contribution in [0.5, 0.6) is 11.5 Å². The number of hydrogen-bond acceptors (Lipinski definition) is 5. The number of fused-ring (bicyclic) bond motifs is 2. The van der Waals surface area contributed by atoms with Crippen LogP contribution in [0.4, 0.5) is 5.69 Å². The molecule has 5 rings (SSSR count). The Morgan fingerprint density at radius 3 is 2.70 bits per heavy atom. The number of furan rings is 1. The van der Waals surface area contributed by atoms with Crippen LogP contribution in [-0.4, -0.2) is 24.6 Å². The van der Waals surface area contributed by atoms with E-state index in [4.69, 9.17) is 13.9 Å². The summed E-state index contributed by atoms with van der Waals surface area (Å²) in [5, 5.41) is 4.85. The Hall–Kier alpha value is -4.58. The average molecular weight is 493 g/mol. The fraction of sp³-hybridized carbons (Fsp3) is 0.161. The predicted molar refractivity (Wildman–Crippen MR) is 148 cm³/mol. The van der Waals surface area contributed by atoms with Gasteiger partial charge < -0.3 is 19.2 Å². The predicted octanol–water partition coefficient (Wildman–Crippen LogP) is 7.41. The molecule has 6 nitrogen and oxygen atoms in total. The van der Waals surface area contributed by atoms with Gasteiger partial charge >= 0.3 is 0 Å². The number of amides is 1. The van der Waals surface area contributed by atoms with Gasteiger partial charge in [0.15, 0.2) is 0 Å². The van der Waals surface area contributed by atoms with Crippen molar-refractivity contribution in [3.05, 3.63) is 90.3 Å². The van der Waals surface area contributed by atoms with Crippen LogP contribution in [0.1, 0.15) is 25.1 Å². The fourth-order valence-electron chi connectivity index (χ4n) is 4.51. The van der Waals surface area contributed by atoms with Crippen molar-refractivity contribution in [3.63, 3.8) is 0 Å². The molecule has 37 heavy (non-hydrogen) atoms. The number of benzene rings is 3. The Labute approximate surface area is 215 Å². The van der Waals surface area contributed by atoms with Gasteiger partial charge in [-0.3, -0.25) is 9.78 Å². The standard InChI is InChI=1S/C31H28N2O4/c1-5-36-29-17-30-25(26(18-37-30)21-9-8-10-22(15-21)35-4)16-24(29)19(2)13-31(34)33-28-14-20(3)32-27-12-7-6-11-23(27)28/h6-18H,5H2,1-4H3,(H,32,33,34)/b19-13+. The summed E-state index contributed by atoms with van der Waals surface area (Å²) in [7, 11) is 1.65. The molecule has 1 amide bonds. The van der Waals surface area contributed by atoms with Gasteiger partial charge in [0.2, 0.25) is 5.91 Å². The molecule has 2 aromatic heterocycles. The molecule has 1 N–H and O–H groups in total. The molecule has 0 aliphatic heterocycles. The Bertz CT molecular complexity index is 1650. The molecule has 0 spiro atoms. The van der Waals surface area contributed by atoms with Crippen LogP contribution in [-0.2, 0) is 4.79 Å². The minimum atomic E-state index is -0.226. The summed E-state index contributed by atoms with van der Waals surface area (Å²) in [5.41, 5.74) is 6.63. The summed E-state index contributed by atoms with van der Waals surface area (Å²) >= 11 is 0. The lowest BCUT2D eigenvalue weighted by atomic mass is 9.99. The molecule has 0 saturated heterocycles. The number of methoxy groups -OCH3 is 1. The van der Waals surface area contributed by atoms with E-state index >= 15 is 0 Å². The van der Waals surface area contributed by atoms with E-state index in [9.17, 15) is 4.79 Å². The number of anilines is 1. The molecule has 0 aliphatic rings. The third kappa shape index (κ3) is 4.91. The average Bonchev–Trinajstić information content (AvgIpc) is 3.31. The van der Waals surface area contributed by atoms with Crippen LogP contribution < -0.4 is 14.8 Å². The van der Waals surface area contributed by atoms with Gasteiger partial charge in [-0.2, -0.15) is 0 Å². The Morgan fingerprint density at radius 1 is 1.05 bits per heavy atom. The van der Waals surface area contributed by atoms with Crippen LogP contribution in [0.2, 0.25) is 0 Å². The topological polar surface area (TPSA) is 73.6 Å². The van der Waals surface area contributed by atoms with Crippen molar-refractivity contribution in [1.29, 1.82) is 0 Å². The third-order valence-electron chi connectivity index (χ3n) is 6.23. The lowest BCUT2D eigenvalue weighted by molar-refractivity contribution is -0.111. The van der Waals surface area contributed by atoms with Gasteiger partial charge in [0.05, 0.1) is 31.2 Å². The number of carbonyl (C=O) groups excluding carboxylic acids is 1. The summed E-state index contributed by atoms with van der Waals surface area (Å²) < 4.78 is 17.2. The molecule has 0 aliphatic carbocycles. The zero-order chi connectivity index (χ0) is 25.9. The highest BCUT2D eigenvalue weighted by atomic mass is 16.5. The van der Waals surface area contributed by atoms with Crippen molar-refractivity contribution in [2.45, 2.75) is 20.8 Å². The summed E-state index contributed by atoms with van der Waals surface area (Å²) in [5.74, 6) is 1.20. The molecule has 0 radical (unpaired) electrons. The molecule has 2 heterocycles. The van der Waals surface area contributed by atoms with Gasteiger partial charge in [-0.15, -0.1) is 0 Å². The first-order valence-electron chi connectivity index (χ1n) is 12.2. The lowest BCUT2D eigenvalue weighted by Gasteiger charge is -2.12. The van der Waals surface area contributed by atoms with Gasteiger partial charge in [-0.25, -0.2) is 0 Å². The number of ether oxygens (including phenoxy) is 2. The highest BCUT2D eigenvalue weighted by molar-refractivity contribution is 6.09. The van der Waals surface area contributed by atoms with E-state index in [0.29, 0.717) is 17.9 Å². The van der Waals surface area contributed by atoms with E-state index in [1.807, 2.05) is 87.5 Å². The SMILES string of the molecule is CCOc1cc2occ(-c3cccc(OC)c3)c2cc1/C(C)=C/C(=O)Nc1cc(C)nc2ccccc12. The second kappa shape index (κ2) is 10.2. The highest BCUT2D eigenvalue weighted by Crippen LogP contribution is 2.38. The van der Waals surface area contributed by atoms with Crippen molar-refractivity contribution in [2.75, 3.05) is 19.0 Å². The second-order valence-electron chi connectivity index (χ2n) is 8.80. The van der Waals surface area contributed by atoms with Crippen LogP contribution >= 0.6 is 0 Å². The number of carbonyl (C=O) groups is 1. The minimum Gasteiger partial charge on any atom is -0.497 e. The molecule has 0 atom stereocenters. The van der Waals surface area contributed by atoms with Gasteiger partial charge in [-0.05, 0) is 62.2 Å². The van der Waals surface area contributed by atoms with Crippen molar-refractivity contribution >= 4 is 39.0 Å². The summed E-state index contributed by atoms with van der Waals surface area (Å²) in [4.78, 5) is 17.7. The number of rotatable bonds is 7. The lowest BCUT2D eigenvalue weighted by Crippen LogP contribution is -2.10. The van der Waals surface area contributed by atoms with Crippen LogP contribution in [0.25, 0.3) is 38.6 Å². The Balaban J connectivity index is 1.53. The van der Waals surface area contributed by atoms with Crippen molar-refractivity contribution in [3.8, 4) is 22.6 Å². The summed E-state index contributed by atoms with van der Waals surface area (Å²) in [6, 6.07) is 21.4. The molecule has 186 valence electrons. The van der Waals surface area contributed by atoms with E-state index in [-0.39, 0.29) is 5.91 Å². The smallest absolute Gasteiger partial charge is 0.248 e. The largest absolute Gasteiger partial charge is 0.497 e. The van der Waals surface area contributed by atoms with E-state index in [0.717, 1.165) is 55.7 Å². The normalized spacial score (nSPS) is 11.6. The molecule has 0 saturated carbocycles. The zero-order valence-corrected chi connectivity index (χ0v) is 21.3. The van der Waals surface area contributed by atoms with Crippen molar-refractivity contribution in [1.82, 2.24) is 4.98 Å². The number of allylic oxidation sites excluding steroid dienone is 1. The van der Waals surface area contributed by atoms with E-state index in [1.54, 1.807) is 19.4 Å². The maximum absolute atomic E-state index is 13.1. The highest BCUT2D eigenvalue weighted by Gasteiger charge is 2.16. The monoisotopic (exact) mass is 492 g/mol. The van der Waals surface area contributed by atoms with E-state index in [2.05, 4.69) is 10.3 Å². The van der Waals surface area contributed by atoms with Gasteiger partial charge in [-0.1, -0.05) is 30.3 Å². The molecular weight excluding hydrogens is 464 g/mol. The van der Waals surface area contributed by atoms with Gasteiger partial charge in [0.25, 0.3) is 0 Å². The molecule has 0 unspecified atom stereocenters. The summed E-state index contributed by atoms with van der Waals surface area (Å²) in [6.45, 7) is 6.24. The number of nitrogens with zero attached hydrogens (tertiary/aromatic N) is 1. The summed E-state index contributed by atoms with van der Waals surface area (Å²) in [6.07, 6.45) is 3.33. The first kappa shape index (κ1) is 24.1. The van der Waals surface area contributed by atoms with Crippen LogP contribution in [0.15, 0.2) is 83.5 Å².